The van der Waals surface area contributed by atoms with E-state index in [4.69, 9.17) is 0 Å². The quantitative estimate of drug-likeness (QED) is 0.618. The first-order valence-electron chi connectivity index (χ1n) is 11.6. The fraction of sp³-hybridized carbons (Fsp3) is 0.480. The number of pyridine rings is 1. The SMILES string of the molecule is CCc1c(Nc2ccc(C3C(F)(F)C3(C)C(=O)NC3CCS(=O)(=O)CC3)cc2)cnc(C)c1C#N. The monoisotopic (exact) mass is 502 g/mol. The van der Waals surface area contributed by atoms with Gasteiger partial charge in [0.2, 0.25) is 5.91 Å². The molecule has 186 valence electrons. The van der Waals surface area contributed by atoms with E-state index in [9.17, 15) is 27.3 Å². The number of nitrogens with one attached hydrogen (secondary N) is 2. The largest absolute Gasteiger partial charge is 0.354 e. The third kappa shape index (κ3) is 4.38. The molecule has 4 rings (SSSR count). The van der Waals surface area contributed by atoms with Crippen molar-refractivity contribution in [3.05, 3.63) is 52.8 Å². The molecule has 35 heavy (non-hydrogen) atoms. The summed E-state index contributed by atoms with van der Waals surface area (Å²) in [5.74, 6) is -5.33. The highest BCUT2D eigenvalue weighted by Crippen LogP contribution is 2.71. The van der Waals surface area contributed by atoms with Gasteiger partial charge in [0, 0.05) is 11.7 Å². The molecule has 7 nitrogen and oxygen atoms in total. The van der Waals surface area contributed by atoms with Crippen molar-refractivity contribution in [3.63, 3.8) is 0 Å². The van der Waals surface area contributed by atoms with Crippen molar-refractivity contribution in [2.24, 2.45) is 5.41 Å². The summed E-state index contributed by atoms with van der Waals surface area (Å²) < 4.78 is 53.0. The first-order chi connectivity index (χ1) is 16.4. The number of anilines is 2. The van der Waals surface area contributed by atoms with Crippen LogP contribution >= 0.6 is 0 Å². The molecular weight excluding hydrogens is 474 g/mol. The minimum Gasteiger partial charge on any atom is -0.354 e. The number of sulfone groups is 1. The maximum absolute atomic E-state index is 14.9. The number of amides is 1. The van der Waals surface area contributed by atoms with Gasteiger partial charge in [-0.25, -0.2) is 17.2 Å². The fourth-order valence-electron chi connectivity index (χ4n) is 4.92. The van der Waals surface area contributed by atoms with E-state index in [0.717, 1.165) is 5.56 Å². The van der Waals surface area contributed by atoms with Gasteiger partial charge >= 0.3 is 0 Å². The average Bonchev–Trinajstić information content (AvgIpc) is 3.29. The Kier molecular flexibility index (Phi) is 6.34. The maximum Gasteiger partial charge on any atom is 0.270 e. The van der Waals surface area contributed by atoms with E-state index in [1.54, 1.807) is 37.4 Å². The normalized spacial score (nSPS) is 24.9. The van der Waals surface area contributed by atoms with Gasteiger partial charge < -0.3 is 10.6 Å². The van der Waals surface area contributed by atoms with Crippen LogP contribution in [0.15, 0.2) is 30.5 Å². The van der Waals surface area contributed by atoms with Crippen LogP contribution < -0.4 is 10.6 Å². The van der Waals surface area contributed by atoms with E-state index in [-0.39, 0.29) is 24.3 Å². The van der Waals surface area contributed by atoms with Crippen LogP contribution in [-0.4, -0.2) is 42.8 Å². The minimum atomic E-state index is -3.22. The highest BCUT2D eigenvalue weighted by atomic mass is 32.2. The number of aromatic nitrogens is 1. The molecule has 2 N–H and O–H groups in total. The van der Waals surface area contributed by atoms with Gasteiger partial charge in [0.25, 0.3) is 5.92 Å². The van der Waals surface area contributed by atoms with Crippen LogP contribution in [0.1, 0.15) is 55.0 Å². The molecule has 10 heteroatoms. The van der Waals surface area contributed by atoms with Crippen molar-refractivity contribution >= 4 is 27.1 Å². The lowest BCUT2D eigenvalue weighted by Gasteiger charge is -2.24. The molecule has 0 spiro atoms. The van der Waals surface area contributed by atoms with Gasteiger partial charge in [0.15, 0.2) is 0 Å². The molecule has 2 atom stereocenters. The fourth-order valence-corrected chi connectivity index (χ4v) is 6.41. The Labute approximate surface area is 203 Å². The van der Waals surface area contributed by atoms with Crippen LogP contribution in [0.2, 0.25) is 0 Å². The molecular formula is C25H28F2N4O3S. The van der Waals surface area contributed by atoms with E-state index in [1.807, 2.05) is 6.92 Å². The molecule has 1 aromatic heterocycles. The number of hydrogen-bond donors (Lipinski definition) is 2. The molecule has 1 amide bonds. The van der Waals surface area contributed by atoms with Gasteiger partial charge in [-0.3, -0.25) is 9.78 Å². The van der Waals surface area contributed by atoms with Crippen molar-refractivity contribution in [3.8, 4) is 6.07 Å². The number of hydrogen-bond acceptors (Lipinski definition) is 6. The molecule has 2 fully saturated rings. The van der Waals surface area contributed by atoms with Crippen LogP contribution in [0.5, 0.6) is 0 Å². The number of aryl methyl sites for hydroxylation is 1. The summed E-state index contributed by atoms with van der Waals surface area (Å²) in [6, 6.07) is 8.25. The minimum absolute atomic E-state index is 0.0466. The number of carbonyl (C=O) groups is 1. The van der Waals surface area contributed by atoms with Crippen molar-refractivity contribution in [1.82, 2.24) is 10.3 Å². The van der Waals surface area contributed by atoms with Crippen molar-refractivity contribution in [2.75, 3.05) is 16.8 Å². The number of rotatable bonds is 6. The van der Waals surface area contributed by atoms with Crippen LogP contribution in [0.3, 0.4) is 0 Å². The van der Waals surface area contributed by atoms with Crippen molar-refractivity contribution < 1.29 is 22.0 Å². The van der Waals surface area contributed by atoms with E-state index >= 15 is 0 Å². The van der Waals surface area contributed by atoms with E-state index < -0.39 is 39.0 Å². The Hall–Kier alpha value is -3.06. The van der Waals surface area contributed by atoms with Crippen molar-refractivity contribution in [2.45, 2.75) is 57.9 Å². The van der Waals surface area contributed by atoms with Crippen LogP contribution in [0.4, 0.5) is 20.2 Å². The Balaban J connectivity index is 1.49. The molecule has 0 bridgehead atoms. The summed E-state index contributed by atoms with van der Waals surface area (Å²) in [6.07, 6.45) is 2.75. The summed E-state index contributed by atoms with van der Waals surface area (Å²) in [6.45, 7) is 4.97. The number of nitriles is 1. The third-order valence-electron chi connectivity index (χ3n) is 7.27. The summed E-state index contributed by atoms with van der Waals surface area (Å²) in [7, 11) is -3.11. The lowest BCUT2D eigenvalue weighted by Crippen LogP contribution is -2.44. The predicted molar refractivity (Wildman–Crippen MR) is 128 cm³/mol. The Bertz CT molecular complexity index is 1290. The lowest BCUT2D eigenvalue weighted by atomic mass is 9.98. The second kappa shape index (κ2) is 8.86. The Morgan fingerprint density at radius 3 is 2.43 bits per heavy atom. The third-order valence-corrected chi connectivity index (χ3v) is 8.99. The van der Waals surface area contributed by atoms with Crippen LogP contribution in [0.25, 0.3) is 0 Å². The van der Waals surface area contributed by atoms with E-state index in [0.29, 0.717) is 34.6 Å². The lowest BCUT2D eigenvalue weighted by molar-refractivity contribution is -0.130. The standard InChI is InChI=1S/C25H28F2N4O3S/c1-4-19-20(13-28)15(2)29-14-21(19)30-17-7-5-16(6-8-17)22-24(3,25(22,26)27)23(32)31-18-9-11-35(33,34)12-10-18/h5-8,14,18,22,30H,4,9-12H2,1-3H3,(H,31,32). The van der Waals surface area contributed by atoms with Gasteiger partial charge in [-0.15, -0.1) is 0 Å². The highest BCUT2D eigenvalue weighted by Gasteiger charge is 2.82. The molecule has 1 aliphatic carbocycles. The van der Waals surface area contributed by atoms with Gasteiger partial charge in [-0.05, 0) is 56.4 Å². The van der Waals surface area contributed by atoms with E-state index in [2.05, 4.69) is 21.7 Å². The maximum atomic E-state index is 14.9. The molecule has 1 saturated carbocycles. The Morgan fingerprint density at radius 1 is 1.23 bits per heavy atom. The summed E-state index contributed by atoms with van der Waals surface area (Å²) in [5, 5.41) is 15.3. The molecule has 2 aromatic rings. The van der Waals surface area contributed by atoms with Gasteiger partial charge in [0.1, 0.15) is 21.3 Å². The predicted octanol–water partition coefficient (Wildman–Crippen LogP) is 4.00. The zero-order chi connectivity index (χ0) is 25.6. The van der Waals surface area contributed by atoms with Gasteiger partial charge in [0.05, 0.1) is 40.6 Å². The number of benzene rings is 1. The number of nitrogens with zero attached hydrogens (tertiary/aromatic N) is 2. The molecule has 1 saturated heterocycles. The second-order valence-electron chi connectivity index (χ2n) is 9.48. The van der Waals surface area contributed by atoms with Crippen LogP contribution in [-0.2, 0) is 21.1 Å². The summed E-state index contributed by atoms with van der Waals surface area (Å²) >= 11 is 0. The first kappa shape index (κ1) is 25.0. The number of alkyl halides is 2. The van der Waals surface area contributed by atoms with E-state index in [1.165, 1.54) is 6.92 Å². The molecule has 2 unspecified atom stereocenters. The van der Waals surface area contributed by atoms with Gasteiger partial charge in [-0.1, -0.05) is 19.1 Å². The summed E-state index contributed by atoms with van der Waals surface area (Å²) in [5.41, 5.74) is 1.78. The average molecular weight is 503 g/mol. The molecule has 1 aliphatic heterocycles. The molecule has 2 aliphatic rings. The number of carbonyl (C=O) groups excluding carboxylic acids is 1. The van der Waals surface area contributed by atoms with Crippen molar-refractivity contribution in [1.29, 1.82) is 5.26 Å². The van der Waals surface area contributed by atoms with Gasteiger partial charge in [-0.2, -0.15) is 5.26 Å². The highest BCUT2D eigenvalue weighted by molar-refractivity contribution is 7.91. The van der Waals surface area contributed by atoms with Crippen LogP contribution in [0, 0.1) is 23.7 Å². The zero-order valence-electron chi connectivity index (χ0n) is 19.9. The topological polar surface area (TPSA) is 112 Å². The first-order valence-corrected chi connectivity index (χ1v) is 13.4. The second-order valence-corrected chi connectivity index (χ2v) is 11.8. The summed E-state index contributed by atoms with van der Waals surface area (Å²) in [4.78, 5) is 17.1. The molecule has 0 radical (unpaired) electrons. The molecule has 2 heterocycles. The number of halogens is 2. The Morgan fingerprint density at radius 2 is 1.86 bits per heavy atom. The zero-order valence-corrected chi connectivity index (χ0v) is 20.7. The smallest absolute Gasteiger partial charge is 0.270 e. The molecule has 1 aromatic carbocycles.